The van der Waals surface area contributed by atoms with Gasteiger partial charge in [0, 0.05) is 34.7 Å². The molecule has 0 aliphatic carbocycles. The maximum atomic E-state index is 13.3. The van der Waals surface area contributed by atoms with Gasteiger partial charge in [-0.1, -0.05) is 33.8 Å². The summed E-state index contributed by atoms with van der Waals surface area (Å²) in [7, 11) is 6.37. The number of rotatable bonds is 10. The van der Waals surface area contributed by atoms with Crippen molar-refractivity contribution in [2.45, 2.75) is 41.0 Å². The molecular formula is C29H40N2O5. The van der Waals surface area contributed by atoms with Gasteiger partial charge in [-0.05, 0) is 49.7 Å². The molecule has 0 aliphatic heterocycles. The molecule has 0 bridgehead atoms. The molecule has 0 radical (unpaired) electrons. The van der Waals surface area contributed by atoms with Crippen molar-refractivity contribution < 1.29 is 23.7 Å². The largest absolute Gasteiger partial charge is 0.493 e. The Morgan fingerprint density at radius 1 is 0.861 bits per heavy atom. The van der Waals surface area contributed by atoms with Crippen molar-refractivity contribution in [2.75, 3.05) is 41.5 Å². The van der Waals surface area contributed by atoms with Crippen LogP contribution < -0.4 is 24.3 Å². The van der Waals surface area contributed by atoms with E-state index < -0.39 is 0 Å². The van der Waals surface area contributed by atoms with Gasteiger partial charge >= 0.3 is 0 Å². The lowest BCUT2D eigenvalue weighted by Gasteiger charge is -2.18. The summed E-state index contributed by atoms with van der Waals surface area (Å²) in [5, 5.41) is 3.92. The van der Waals surface area contributed by atoms with E-state index in [1.165, 1.54) is 0 Å². The summed E-state index contributed by atoms with van der Waals surface area (Å²) in [4.78, 5) is 18.1. The second-order valence-corrected chi connectivity index (χ2v) is 8.72. The van der Waals surface area contributed by atoms with Gasteiger partial charge < -0.3 is 24.3 Å². The number of methoxy groups -OCH3 is 4. The van der Waals surface area contributed by atoms with Crippen LogP contribution in [0.5, 0.6) is 23.0 Å². The summed E-state index contributed by atoms with van der Waals surface area (Å²) >= 11 is 0. The van der Waals surface area contributed by atoms with Crippen LogP contribution in [0.3, 0.4) is 0 Å². The number of ketones is 1. The van der Waals surface area contributed by atoms with Crippen LogP contribution in [0, 0.1) is 12.8 Å². The maximum absolute atomic E-state index is 13.3. The quantitative estimate of drug-likeness (QED) is 0.340. The molecule has 3 rings (SSSR count). The van der Waals surface area contributed by atoms with Crippen LogP contribution in [-0.4, -0.2) is 52.3 Å². The Morgan fingerprint density at radius 2 is 1.42 bits per heavy atom. The maximum Gasteiger partial charge on any atom is 0.165 e. The van der Waals surface area contributed by atoms with Gasteiger partial charge in [0.2, 0.25) is 0 Å². The minimum Gasteiger partial charge on any atom is -0.493 e. The molecule has 0 amide bonds. The highest BCUT2D eigenvalue weighted by molar-refractivity contribution is 6.11. The molecule has 7 heteroatoms. The average Bonchev–Trinajstić information content (AvgIpc) is 2.86. The number of benzene rings is 2. The zero-order valence-corrected chi connectivity index (χ0v) is 23.1. The predicted molar refractivity (Wildman–Crippen MR) is 146 cm³/mol. The van der Waals surface area contributed by atoms with Gasteiger partial charge in [-0.3, -0.25) is 9.78 Å². The Balaban J connectivity index is 0.000000830. The Bertz CT molecular complexity index is 1170. The highest BCUT2D eigenvalue weighted by Gasteiger charge is 2.23. The van der Waals surface area contributed by atoms with E-state index in [0.717, 1.165) is 35.1 Å². The number of hydrogen-bond donors (Lipinski definition) is 1. The van der Waals surface area contributed by atoms with Crippen LogP contribution in [-0.2, 0) is 0 Å². The molecule has 0 saturated carbocycles. The molecular weight excluding hydrogens is 456 g/mol. The second kappa shape index (κ2) is 13.7. The molecule has 0 unspecified atom stereocenters. The van der Waals surface area contributed by atoms with E-state index in [-0.39, 0.29) is 11.7 Å². The monoisotopic (exact) mass is 496 g/mol. The standard InChI is InChI=1S/C25H29NO5.C4H11N/c1-14(2)10-19(27)24-15(3)26-18-13-23(31-7)22(30-6)12-17(18)25(24)16-8-9-20(28-4)21(11-16)29-5;1-3-5-4-2/h8-9,11-14H,10H2,1-7H3;5H,3-4H2,1-2H3. The summed E-state index contributed by atoms with van der Waals surface area (Å²) in [6.45, 7) is 12.3. The van der Waals surface area contributed by atoms with E-state index in [9.17, 15) is 4.79 Å². The van der Waals surface area contributed by atoms with Crippen molar-refractivity contribution in [2.24, 2.45) is 5.92 Å². The Kier molecular flexibility index (Phi) is 11.0. The fourth-order valence-electron chi connectivity index (χ4n) is 4.07. The number of aromatic nitrogens is 1. The topological polar surface area (TPSA) is 78.9 Å². The average molecular weight is 497 g/mol. The summed E-state index contributed by atoms with van der Waals surface area (Å²) in [6, 6.07) is 9.36. The Morgan fingerprint density at radius 3 is 1.92 bits per heavy atom. The van der Waals surface area contributed by atoms with E-state index in [2.05, 4.69) is 19.2 Å². The molecule has 0 spiro atoms. The zero-order chi connectivity index (χ0) is 26.8. The highest BCUT2D eigenvalue weighted by Crippen LogP contribution is 2.41. The first-order valence-electron chi connectivity index (χ1n) is 12.3. The van der Waals surface area contributed by atoms with Crippen molar-refractivity contribution in [1.29, 1.82) is 0 Å². The number of hydrogen-bond acceptors (Lipinski definition) is 7. The molecule has 196 valence electrons. The lowest BCUT2D eigenvalue weighted by atomic mass is 9.89. The number of nitrogens with zero attached hydrogens (tertiary/aromatic N) is 1. The molecule has 0 aliphatic rings. The molecule has 0 fully saturated rings. The molecule has 7 nitrogen and oxygen atoms in total. The first-order valence-corrected chi connectivity index (χ1v) is 12.3. The van der Waals surface area contributed by atoms with Gasteiger partial charge in [-0.2, -0.15) is 0 Å². The number of Topliss-reactive ketones (excluding diaryl/α,β-unsaturated/α-hetero) is 1. The Hall–Kier alpha value is -3.32. The van der Waals surface area contributed by atoms with Gasteiger partial charge in [0.25, 0.3) is 0 Å². The smallest absolute Gasteiger partial charge is 0.165 e. The second-order valence-electron chi connectivity index (χ2n) is 8.72. The van der Waals surface area contributed by atoms with E-state index in [0.29, 0.717) is 40.7 Å². The highest BCUT2D eigenvalue weighted by atomic mass is 16.5. The predicted octanol–water partition coefficient (Wildman–Crippen LogP) is 6.09. The van der Waals surface area contributed by atoms with Crippen LogP contribution in [0.15, 0.2) is 30.3 Å². The van der Waals surface area contributed by atoms with Crippen LogP contribution in [0.1, 0.15) is 50.2 Å². The van der Waals surface area contributed by atoms with Crippen molar-refractivity contribution in [1.82, 2.24) is 10.3 Å². The first kappa shape index (κ1) is 28.9. The van der Waals surface area contributed by atoms with Gasteiger partial charge in [0.05, 0.1) is 34.0 Å². The van der Waals surface area contributed by atoms with Gasteiger partial charge in [-0.25, -0.2) is 0 Å². The molecule has 1 N–H and O–H groups in total. The first-order chi connectivity index (χ1) is 17.3. The van der Waals surface area contributed by atoms with Gasteiger partial charge in [0.15, 0.2) is 28.8 Å². The van der Waals surface area contributed by atoms with Crippen LogP contribution in [0.2, 0.25) is 0 Å². The number of carbonyl (C=O) groups is 1. The van der Waals surface area contributed by atoms with Crippen LogP contribution in [0.4, 0.5) is 0 Å². The molecule has 36 heavy (non-hydrogen) atoms. The van der Waals surface area contributed by atoms with Crippen molar-refractivity contribution >= 4 is 16.7 Å². The molecule has 2 aromatic carbocycles. The fourth-order valence-corrected chi connectivity index (χ4v) is 4.07. The number of ether oxygens (including phenoxy) is 4. The molecule has 1 heterocycles. The number of fused-ring (bicyclic) bond motifs is 1. The summed E-state index contributed by atoms with van der Waals surface area (Å²) in [5.41, 5.74) is 3.65. The van der Waals surface area contributed by atoms with Gasteiger partial charge in [0.1, 0.15) is 0 Å². The molecule has 0 saturated heterocycles. The molecule has 3 aromatic rings. The fraction of sp³-hybridized carbons (Fsp3) is 0.448. The summed E-state index contributed by atoms with van der Waals surface area (Å²) in [6.07, 6.45) is 0.432. The number of pyridine rings is 1. The summed E-state index contributed by atoms with van der Waals surface area (Å²) in [5.74, 6) is 2.65. The number of nitrogens with one attached hydrogen (secondary N) is 1. The lowest BCUT2D eigenvalue weighted by Crippen LogP contribution is -2.10. The summed E-state index contributed by atoms with van der Waals surface area (Å²) < 4.78 is 21.9. The van der Waals surface area contributed by atoms with Crippen molar-refractivity contribution in [3.8, 4) is 34.1 Å². The molecule has 1 aromatic heterocycles. The van der Waals surface area contributed by atoms with Crippen molar-refractivity contribution in [3.05, 3.63) is 41.6 Å². The number of carbonyl (C=O) groups excluding carboxylic acids is 1. The minimum atomic E-state index is 0.0569. The SMILES string of the molecule is CCNCC.COc1ccc(-c2c(C(=O)CC(C)C)c(C)nc3cc(OC)c(OC)cc23)cc1OC. The van der Waals surface area contributed by atoms with E-state index in [1.807, 2.05) is 51.1 Å². The minimum absolute atomic E-state index is 0.0569. The third-order valence-electron chi connectivity index (χ3n) is 5.72. The van der Waals surface area contributed by atoms with Crippen LogP contribution in [0.25, 0.3) is 22.0 Å². The van der Waals surface area contributed by atoms with Crippen LogP contribution >= 0.6 is 0 Å². The third-order valence-corrected chi connectivity index (χ3v) is 5.72. The Labute approximate surface area is 215 Å². The van der Waals surface area contributed by atoms with E-state index >= 15 is 0 Å². The number of aryl methyl sites for hydroxylation is 1. The lowest BCUT2D eigenvalue weighted by molar-refractivity contribution is 0.0967. The zero-order valence-electron chi connectivity index (χ0n) is 23.1. The normalized spacial score (nSPS) is 10.6. The van der Waals surface area contributed by atoms with Gasteiger partial charge in [-0.15, -0.1) is 0 Å². The molecule has 0 atom stereocenters. The third kappa shape index (κ3) is 6.66. The van der Waals surface area contributed by atoms with E-state index in [1.54, 1.807) is 28.4 Å². The van der Waals surface area contributed by atoms with Crippen molar-refractivity contribution in [3.63, 3.8) is 0 Å². The van der Waals surface area contributed by atoms with E-state index in [4.69, 9.17) is 23.9 Å².